The number of carbonyl (C=O) groups excluding carboxylic acids is 1. The molecule has 134 valence electrons. The van der Waals surface area contributed by atoms with E-state index < -0.39 is 0 Å². The van der Waals surface area contributed by atoms with Crippen molar-refractivity contribution in [3.8, 4) is 0 Å². The number of hydrogen-bond acceptors (Lipinski definition) is 5. The molecule has 26 heavy (non-hydrogen) atoms. The topological polar surface area (TPSA) is 64.0 Å². The minimum absolute atomic E-state index is 0.00688. The number of thiophene rings is 1. The summed E-state index contributed by atoms with van der Waals surface area (Å²) in [6.07, 6.45) is 3.12. The SMILES string of the molecule is C[C@@H](Sc1nc2sc3c(c2c(=O)n1C)CCC3)C(=O)Nc1ccccc1. The number of thioether (sulfide) groups is 1. The van der Waals surface area contributed by atoms with Gasteiger partial charge in [-0.05, 0) is 43.9 Å². The van der Waals surface area contributed by atoms with E-state index in [0.29, 0.717) is 5.16 Å². The first kappa shape index (κ1) is 17.3. The van der Waals surface area contributed by atoms with Gasteiger partial charge in [-0.2, -0.15) is 0 Å². The molecule has 1 amide bonds. The molecule has 0 aliphatic heterocycles. The second-order valence-electron chi connectivity index (χ2n) is 6.41. The summed E-state index contributed by atoms with van der Waals surface area (Å²) < 4.78 is 1.57. The van der Waals surface area contributed by atoms with Crippen LogP contribution in [0.25, 0.3) is 10.2 Å². The van der Waals surface area contributed by atoms with Gasteiger partial charge in [-0.15, -0.1) is 11.3 Å². The maximum atomic E-state index is 12.8. The van der Waals surface area contributed by atoms with Crippen molar-refractivity contribution in [2.45, 2.75) is 36.6 Å². The van der Waals surface area contributed by atoms with Crippen LogP contribution in [0.4, 0.5) is 5.69 Å². The molecular formula is C19H19N3O2S2. The van der Waals surface area contributed by atoms with Crippen LogP contribution >= 0.6 is 23.1 Å². The fourth-order valence-electron chi connectivity index (χ4n) is 3.19. The molecule has 0 unspecified atom stereocenters. The fourth-order valence-corrected chi connectivity index (χ4v) is 5.36. The Balaban J connectivity index is 1.60. The summed E-state index contributed by atoms with van der Waals surface area (Å²) in [6, 6.07) is 9.36. The van der Waals surface area contributed by atoms with Gasteiger partial charge >= 0.3 is 0 Å². The maximum absolute atomic E-state index is 12.8. The van der Waals surface area contributed by atoms with Crippen LogP contribution in [-0.4, -0.2) is 20.7 Å². The van der Waals surface area contributed by atoms with Crippen LogP contribution in [-0.2, 0) is 24.7 Å². The zero-order valence-electron chi connectivity index (χ0n) is 14.6. The highest BCUT2D eigenvalue weighted by atomic mass is 32.2. The van der Waals surface area contributed by atoms with Gasteiger partial charge in [0.25, 0.3) is 5.56 Å². The number of benzene rings is 1. The van der Waals surface area contributed by atoms with E-state index >= 15 is 0 Å². The Labute approximate surface area is 159 Å². The molecule has 1 aliphatic carbocycles. The molecule has 0 saturated carbocycles. The molecule has 2 heterocycles. The van der Waals surface area contributed by atoms with Crippen LogP contribution in [0, 0.1) is 0 Å². The molecule has 1 atom stereocenters. The Hall–Kier alpha value is -2.12. The van der Waals surface area contributed by atoms with Crippen molar-refractivity contribution in [2.75, 3.05) is 5.32 Å². The molecule has 3 aromatic rings. The summed E-state index contributed by atoms with van der Waals surface area (Å²) >= 11 is 2.94. The molecule has 0 radical (unpaired) electrons. The first-order valence-corrected chi connectivity index (χ1v) is 10.3. The molecule has 2 aromatic heterocycles. The molecule has 0 fully saturated rings. The quantitative estimate of drug-likeness (QED) is 0.550. The average Bonchev–Trinajstić information content (AvgIpc) is 3.20. The predicted molar refractivity (Wildman–Crippen MR) is 107 cm³/mol. The number of amides is 1. The molecule has 4 rings (SSSR count). The Bertz CT molecular complexity index is 1040. The number of nitrogens with zero attached hydrogens (tertiary/aromatic N) is 2. The first-order valence-electron chi connectivity index (χ1n) is 8.58. The zero-order chi connectivity index (χ0) is 18.3. The van der Waals surface area contributed by atoms with Crippen LogP contribution in [0.15, 0.2) is 40.3 Å². The number of rotatable bonds is 4. The van der Waals surface area contributed by atoms with Gasteiger partial charge in [0.15, 0.2) is 5.16 Å². The highest BCUT2D eigenvalue weighted by Gasteiger charge is 2.24. The Morgan fingerprint density at radius 1 is 1.31 bits per heavy atom. The molecule has 0 bridgehead atoms. The summed E-state index contributed by atoms with van der Waals surface area (Å²) in [7, 11) is 1.73. The number of aryl methyl sites for hydroxylation is 2. The van der Waals surface area contributed by atoms with E-state index in [1.54, 1.807) is 23.0 Å². The average molecular weight is 386 g/mol. The van der Waals surface area contributed by atoms with Crippen molar-refractivity contribution in [1.29, 1.82) is 0 Å². The van der Waals surface area contributed by atoms with E-state index in [1.165, 1.54) is 22.2 Å². The monoisotopic (exact) mass is 385 g/mol. The smallest absolute Gasteiger partial charge is 0.262 e. The van der Waals surface area contributed by atoms with Crippen LogP contribution < -0.4 is 10.9 Å². The lowest BCUT2D eigenvalue weighted by atomic mass is 10.2. The van der Waals surface area contributed by atoms with E-state index in [0.717, 1.165) is 35.2 Å². The third kappa shape index (κ3) is 3.05. The molecule has 5 nitrogen and oxygen atoms in total. The third-order valence-electron chi connectivity index (χ3n) is 4.60. The summed E-state index contributed by atoms with van der Waals surface area (Å²) in [6.45, 7) is 1.83. The lowest BCUT2D eigenvalue weighted by molar-refractivity contribution is -0.115. The van der Waals surface area contributed by atoms with E-state index in [2.05, 4.69) is 5.32 Å². The van der Waals surface area contributed by atoms with Crippen molar-refractivity contribution in [3.63, 3.8) is 0 Å². The summed E-state index contributed by atoms with van der Waals surface area (Å²) in [4.78, 5) is 32.1. The van der Waals surface area contributed by atoms with Crippen molar-refractivity contribution in [1.82, 2.24) is 9.55 Å². The van der Waals surface area contributed by atoms with Gasteiger partial charge in [-0.1, -0.05) is 30.0 Å². The molecule has 1 N–H and O–H groups in total. The lowest BCUT2D eigenvalue weighted by Gasteiger charge is -2.13. The van der Waals surface area contributed by atoms with E-state index in [4.69, 9.17) is 4.98 Å². The van der Waals surface area contributed by atoms with Crippen LogP contribution in [0.5, 0.6) is 0 Å². The summed E-state index contributed by atoms with van der Waals surface area (Å²) in [5.41, 5.74) is 1.94. The predicted octanol–water partition coefficient (Wildman–Crippen LogP) is 3.60. The van der Waals surface area contributed by atoms with E-state index in [9.17, 15) is 9.59 Å². The van der Waals surface area contributed by atoms with E-state index in [1.807, 2.05) is 37.3 Å². The standard InChI is InChI=1S/C19H19N3O2S2/c1-11(16(23)20-12-7-4-3-5-8-12)25-19-21-17-15(18(24)22(19)2)13-9-6-10-14(13)26-17/h3-5,7-8,11H,6,9-10H2,1-2H3,(H,20,23)/t11-/m1/s1. The normalized spacial score (nSPS) is 14.4. The van der Waals surface area contributed by atoms with Crippen LogP contribution in [0.1, 0.15) is 23.8 Å². The van der Waals surface area contributed by atoms with Gasteiger partial charge in [0.2, 0.25) is 5.91 Å². The van der Waals surface area contributed by atoms with Gasteiger partial charge in [-0.25, -0.2) is 4.98 Å². The largest absolute Gasteiger partial charge is 0.325 e. The highest BCUT2D eigenvalue weighted by molar-refractivity contribution is 8.00. The van der Waals surface area contributed by atoms with Gasteiger partial charge < -0.3 is 5.32 Å². The zero-order valence-corrected chi connectivity index (χ0v) is 16.2. The molecule has 0 saturated heterocycles. The van der Waals surface area contributed by atoms with Gasteiger partial charge in [-0.3, -0.25) is 14.2 Å². The highest BCUT2D eigenvalue weighted by Crippen LogP contribution is 2.35. The second kappa shape index (κ2) is 6.89. The number of anilines is 1. The van der Waals surface area contributed by atoms with Crippen molar-refractivity contribution in [2.24, 2.45) is 7.05 Å². The van der Waals surface area contributed by atoms with Crippen molar-refractivity contribution in [3.05, 3.63) is 51.1 Å². The van der Waals surface area contributed by atoms with E-state index in [-0.39, 0.29) is 16.7 Å². The number of nitrogens with one attached hydrogen (secondary N) is 1. The Morgan fingerprint density at radius 3 is 2.85 bits per heavy atom. The molecule has 1 aliphatic rings. The van der Waals surface area contributed by atoms with Crippen molar-refractivity contribution >= 4 is 44.9 Å². The number of aromatic nitrogens is 2. The van der Waals surface area contributed by atoms with Gasteiger partial charge in [0.05, 0.1) is 10.6 Å². The summed E-state index contributed by atoms with van der Waals surface area (Å²) in [5, 5.41) is 3.88. The Kier molecular flexibility index (Phi) is 4.58. The second-order valence-corrected chi connectivity index (χ2v) is 8.80. The fraction of sp³-hybridized carbons (Fsp3) is 0.316. The third-order valence-corrected chi connectivity index (χ3v) is 6.93. The van der Waals surface area contributed by atoms with Gasteiger partial charge in [0, 0.05) is 17.6 Å². The molecule has 0 spiro atoms. The lowest BCUT2D eigenvalue weighted by Crippen LogP contribution is -2.25. The molecular weight excluding hydrogens is 366 g/mol. The summed E-state index contributed by atoms with van der Waals surface area (Å²) in [5.74, 6) is -0.107. The van der Waals surface area contributed by atoms with Crippen LogP contribution in [0.2, 0.25) is 0 Å². The minimum Gasteiger partial charge on any atom is -0.325 e. The van der Waals surface area contributed by atoms with Crippen molar-refractivity contribution < 1.29 is 4.79 Å². The molecule has 7 heteroatoms. The minimum atomic E-state index is -0.363. The number of hydrogen-bond donors (Lipinski definition) is 1. The number of carbonyl (C=O) groups is 1. The van der Waals surface area contributed by atoms with Crippen LogP contribution in [0.3, 0.4) is 0 Å². The maximum Gasteiger partial charge on any atom is 0.262 e. The number of fused-ring (bicyclic) bond motifs is 3. The Morgan fingerprint density at radius 2 is 2.08 bits per heavy atom. The van der Waals surface area contributed by atoms with Gasteiger partial charge in [0.1, 0.15) is 4.83 Å². The number of para-hydroxylation sites is 1. The molecule has 1 aromatic carbocycles. The first-order chi connectivity index (χ1) is 12.5.